The second-order valence-electron chi connectivity index (χ2n) is 3.96. The van der Waals surface area contributed by atoms with Crippen molar-refractivity contribution in [1.82, 2.24) is 0 Å². The van der Waals surface area contributed by atoms with Gasteiger partial charge >= 0.3 is 5.97 Å². The molecule has 0 aromatic heterocycles. The zero-order valence-electron chi connectivity index (χ0n) is 11.9. The van der Waals surface area contributed by atoms with Crippen molar-refractivity contribution in [3.63, 3.8) is 0 Å². The third-order valence-corrected chi connectivity index (χ3v) is 2.73. The molecular weight excluding hydrogens is 262 g/mol. The fourth-order valence-electron chi connectivity index (χ4n) is 1.71. The zero-order valence-corrected chi connectivity index (χ0v) is 11.9. The van der Waals surface area contributed by atoms with Gasteiger partial charge in [0.2, 0.25) is 0 Å². The molecule has 1 aromatic rings. The second kappa shape index (κ2) is 8.04. The van der Waals surface area contributed by atoms with Crippen LogP contribution in [0.5, 0.6) is 11.5 Å². The van der Waals surface area contributed by atoms with Crippen LogP contribution in [0.2, 0.25) is 0 Å². The highest BCUT2D eigenvalue weighted by molar-refractivity contribution is 6.36. The Bertz CT molecular complexity index is 484. The predicted octanol–water partition coefficient (Wildman–Crippen LogP) is 2.03. The van der Waals surface area contributed by atoms with Gasteiger partial charge in [0.25, 0.3) is 0 Å². The first kappa shape index (κ1) is 15.8. The molecule has 0 atom stereocenters. The van der Waals surface area contributed by atoms with E-state index in [1.54, 1.807) is 27.2 Å². The number of methoxy groups -OCH3 is 2. The molecule has 0 aliphatic carbocycles. The summed E-state index contributed by atoms with van der Waals surface area (Å²) in [7, 11) is 3.12. The first-order valence-electron chi connectivity index (χ1n) is 6.25. The van der Waals surface area contributed by atoms with E-state index in [0.29, 0.717) is 17.9 Å². The highest BCUT2D eigenvalue weighted by Crippen LogP contribution is 2.27. The van der Waals surface area contributed by atoms with Gasteiger partial charge in [-0.05, 0) is 31.0 Å². The molecule has 6 heteroatoms. The standard InChI is InChI=1S/C14H19NO5/c1-4-20-14(16)11(15-17)7-5-10-6-8-12(18-2)13(9-10)19-3/h6,8-9,17H,4-5,7H2,1-3H3/b15-11+. The van der Waals surface area contributed by atoms with Crippen LogP contribution in [0.1, 0.15) is 18.9 Å². The van der Waals surface area contributed by atoms with Crippen molar-refractivity contribution in [1.29, 1.82) is 0 Å². The van der Waals surface area contributed by atoms with Crippen LogP contribution in [0.3, 0.4) is 0 Å². The Balaban J connectivity index is 2.72. The lowest BCUT2D eigenvalue weighted by Gasteiger charge is -2.09. The van der Waals surface area contributed by atoms with Crippen LogP contribution in [0.4, 0.5) is 0 Å². The summed E-state index contributed by atoms with van der Waals surface area (Å²) < 4.78 is 15.1. The van der Waals surface area contributed by atoms with E-state index in [-0.39, 0.29) is 18.7 Å². The summed E-state index contributed by atoms with van der Waals surface area (Å²) in [5, 5.41) is 11.8. The van der Waals surface area contributed by atoms with Crippen LogP contribution < -0.4 is 9.47 Å². The molecule has 0 fully saturated rings. The van der Waals surface area contributed by atoms with E-state index < -0.39 is 5.97 Å². The highest BCUT2D eigenvalue weighted by Gasteiger charge is 2.14. The summed E-state index contributed by atoms with van der Waals surface area (Å²) in [6.45, 7) is 1.94. The van der Waals surface area contributed by atoms with Crippen LogP contribution in [-0.2, 0) is 16.0 Å². The number of hydrogen-bond donors (Lipinski definition) is 1. The van der Waals surface area contributed by atoms with Gasteiger partial charge in [0.15, 0.2) is 17.2 Å². The van der Waals surface area contributed by atoms with Crippen molar-refractivity contribution >= 4 is 11.7 Å². The SMILES string of the molecule is CCOC(=O)/C(CCc1ccc(OC)c(OC)c1)=N/O. The lowest BCUT2D eigenvalue weighted by molar-refractivity contribution is -0.135. The first-order chi connectivity index (χ1) is 9.65. The fraction of sp³-hybridized carbons (Fsp3) is 0.429. The Morgan fingerprint density at radius 3 is 2.50 bits per heavy atom. The molecule has 0 aliphatic heterocycles. The van der Waals surface area contributed by atoms with Gasteiger partial charge in [0, 0.05) is 6.42 Å². The van der Waals surface area contributed by atoms with E-state index in [2.05, 4.69) is 5.16 Å². The maximum absolute atomic E-state index is 11.5. The summed E-state index contributed by atoms with van der Waals surface area (Å²) in [4.78, 5) is 11.5. The van der Waals surface area contributed by atoms with Crippen molar-refractivity contribution in [3.8, 4) is 11.5 Å². The van der Waals surface area contributed by atoms with Gasteiger partial charge in [-0.2, -0.15) is 0 Å². The summed E-state index contributed by atoms with van der Waals surface area (Å²) in [5.74, 6) is 0.650. The van der Waals surface area contributed by atoms with E-state index in [9.17, 15) is 4.79 Å². The average molecular weight is 281 g/mol. The predicted molar refractivity (Wildman–Crippen MR) is 73.7 cm³/mol. The maximum Gasteiger partial charge on any atom is 0.356 e. The van der Waals surface area contributed by atoms with Gasteiger partial charge in [-0.1, -0.05) is 11.2 Å². The number of oxime groups is 1. The third kappa shape index (κ3) is 4.15. The normalized spacial score (nSPS) is 11.1. The average Bonchev–Trinajstić information content (AvgIpc) is 2.47. The monoisotopic (exact) mass is 281 g/mol. The minimum atomic E-state index is -0.601. The molecule has 0 unspecified atom stereocenters. The molecule has 0 saturated heterocycles. The summed E-state index contributed by atoms with van der Waals surface area (Å²) in [6.07, 6.45) is 0.809. The molecule has 1 rings (SSSR count). The molecule has 0 radical (unpaired) electrons. The van der Waals surface area contributed by atoms with Crippen LogP contribution in [0, 0.1) is 0 Å². The number of carbonyl (C=O) groups excluding carboxylic acids is 1. The minimum Gasteiger partial charge on any atom is -0.493 e. The maximum atomic E-state index is 11.5. The van der Waals surface area contributed by atoms with Gasteiger partial charge < -0.3 is 19.4 Å². The molecule has 110 valence electrons. The number of rotatable bonds is 7. The van der Waals surface area contributed by atoms with Crippen molar-refractivity contribution in [3.05, 3.63) is 23.8 Å². The van der Waals surface area contributed by atoms with Crippen molar-refractivity contribution in [2.75, 3.05) is 20.8 Å². The Morgan fingerprint density at radius 2 is 1.95 bits per heavy atom. The van der Waals surface area contributed by atoms with E-state index >= 15 is 0 Å². The Hall–Kier alpha value is -2.24. The number of benzene rings is 1. The Morgan fingerprint density at radius 1 is 1.25 bits per heavy atom. The molecule has 0 saturated carbocycles. The smallest absolute Gasteiger partial charge is 0.356 e. The molecule has 0 amide bonds. The number of hydrogen-bond acceptors (Lipinski definition) is 6. The van der Waals surface area contributed by atoms with E-state index in [1.165, 1.54) is 0 Å². The summed E-state index contributed by atoms with van der Waals surface area (Å²) >= 11 is 0. The lowest BCUT2D eigenvalue weighted by Crippen LogP contribution is -2.18. The van der Waals surface area contributed by atoms with Gasteiger partial charge in [0.1, 0.15) is 0 Å². The highest BCUT2D eigenvalue weighted by atomic mass is 16.5. The Labute approximate surface area is 117 Å². The molecule has 0 aliphatic rings. The molecular formula is C14H19NO5. The van der Waals surface area contributed by atoms with Crippen LogP contribution in [0.15, 0.2) is 23.4 Å². The summed E-state index contributed by atoms with van der Waals surface area (Å²) in [5.41, 5.74) is 0.940. The van der Waals surface area contributed by atoms with Gasteiger partial charge in [-0.25, -0.2) is 4.79 Å². The zero-order chi connectivity index (χ0) is 15.0. The number of ether oxygens (including phenoxy) is 3. The van der Waals surface area contributed by atoms with Crippen LogP contribution in [-0.4, -0.2) is 37.7 Å². The fourth-order valence-corrected chi connectivity index (χ4v) is 1.71. The van der Waals surface area contributed by atoms with Gasteiger partial charge in [0.05, 0.1) is 20.8 Å². The van der Waals surface area contributed by atoms with Gasteiger partial charge in [-0.15, -0.1) is 0 Å². The molecule has 0 bridgehead atoms. The number of nitrogens with zero attached hydrogens (tertiary/aromatic N) is 1. The third-order valence-electron chi connectivity index (χ3n) is 2.73. The molecule has 20 heavy (non-hydrogen) atoms. The van der Waals surface area contributed by atoms with Crippen molar-refractivity contribution in [2.24, 2.45) is 5.16 Å². The molecule has 0 heterocycles. The van der Waals surface area contributed by atoms with E-state index in [0.717, 1.165) is 5.56 Å². The second-order valence-corrected chi connectivity index (χ2v) is 3.96. The quantitative estimate of drug-likeness (QED) is 0.358. The largest absolute Gasteiger partial charge is 0.493 e. The molecule has 0 spiro atoms. The topological polar surface area (TPSA) is 77.4 Å². The molecule has 6 nitrogen and oxygen atoms in total. The van der Waals surface area contributed by atoms with E-state index in [4.69, 9.17) is 19.4 Å². The van der Waals surface area contributed by atoms with Crippen LogP contribution in [0.25, 0.3) is 0 Å². The minimum absolute atomic E-state index is 0.00151. The van der Waals surface area contributed by atoms with Gasteiger partial charge in [-0.3, -0.25) is 0 Å². The number of aryl methyl sites for hydroxylation is 1. The van der Waals surface area contributed by atoms with Crippen molar-refractivity contribution in [2.45, 2.75) is 19.8 Å². The van der Waals surface area contributed by atoms with E-state index in [1.807, 2.05) is 12.1 Å². The lowest BCUT2D eigenvalue weighted by atomic mass is 10.1. The number of esters is 1. The number of carbonyl (C=O) groups is 1. The van der Waals surface area contributed by atoms with Crippen molar-refractivity contribution < 1.29 is 24.2 Å². The summed E-state index contributed by atoms with van der Waals surface area (Å²) in [6, 6.07) is 5.47. The first-order valence-corrected chi connectivity index (χ1v) is 6.25. The molecule has 1 aromatic carbocycles. The van der Waals surface area contributed by atoms with Crippen LogP contribution >= 0.6 is 0 Å². The Kier molecular flexibility index (Phi) is 6.36. The molecule has 1 N–H and O–H groups in total.